The molecule has 0 spiro atoms. The van der Waals surface area contributed by atoms with Crippen LogP contribution in [0.2, 0.25) is 0 Å². The maximum absolute atomic E-state index is 12.7. The lowest BCUT2D eigenvalue weighted by atomic mass is 10.0. The second-order valence-corrected chi connectivity index (χ2v) is 5.82. The number of para-hydroxylation sites is 1. The van der Waals surface area contributed by atoms with Crippen LogP contribution in [0.1, 0.15) is 18.1 Å². The molecule has 2 aliphatic rings. The molecule has 135 valence electrons. The van der Waals surface area contributed by atoms with Crippen LogP contribution in [0.3, 0.4) is 0 Å². The number of anilines is 2. The van der Waals surface area contributed by atoms with Gasteiger partial charge in [0.1, 0.15) is 5.70 Å². The zero-order chi connectivity index (χ0) is 17.8. The van der Waals surface area contributed by atoms with E-state index in [1.807, 2.05) is 37.3 Å². The molecule has 2 aromatic rings. The summed E-state index contributed by atoms with van der Waals surface area (Å²) in [7, 11) is 0. The molecule has 5 nitrogen and oxygen atoms in total. The predicted octanol–water partition coefficient (Wildman–Crippen LogP) is 3.79. The topological polar surface area (TPSA) is 72.3 Å². The molecule has 2 aromatic carbocycles. The Balaban J connectivity index is 0.00000196. The summed E-state index contributed by atoms with van der Waals surface area (Å²) in [5.74, 6) is -0.122. The van der Waals surface area contributed by atoms with E-state index in [0.717, 1.165) is 29.0 Å². The Labute approximate surface area is 147 Å². The first kappa shape index (κ1) is 17.8. The highest BCUT2D eigenvalue weighted by atomic mass is 19.4. The minimum atomic E-state index is -4.41. The summed E-state index contributed by atoms with van der Waals surface area (Å²) in [4.78, 5) is 0. The number of halogens is 3. The largest absolute Gasteiger partial charge is 0.492 e. The summed E-state index contributed by atoms with van der Waals surface area (Å²) < 4.78 is 38.2. The van der Waals surface area contributed by atoms with Crippen molar-refractivity contribution in [2.24, 2.45) is 0 Å². The van der Waals surface area contributed by atoms with E-state index in [1.54, 1.807) is 5.01 Å². The van der Waals surface area contributed by atoms with Crippen LogP contribution < -0.4 is 15.6 Å². The number of alkyl halides is 3. The third-order valence-electron chi connectivity index (χ3n) is 4.15. The number of hydrogen-bond acceptors (Lipinski definition) is 3. The first-order valence-corrected chi connectivity index (χ1v) is 7.56. The van der Waals surface area contributed by atoms with E-state index in [0.29, 0.717) is 11.4 Å². The molecular weight excluding hydrogens is 347 g/mol. The minimum Gasteiger partial charge on any atom is -0.492 e. The molecule has 8 heteroatoms. The van der Waals surface area contributed by atoms with Crippen LogP contribution in [0.25, 0.3) is 6.08 Å². The monoisotopic (exact) mass is 362 g/mol. The van der Waals surface area contributed by atoms with E-state index in [-0.39, 0.29) is 11.4 Å². The van der Waals surface area contributed by atoms with Gasteiger partial charge in [-0.3, -0.25) is 0 Å². The molecule has 0 amide bonds. The van der Waals surface area contributed by atoms with E-state index in [9.17, 15) is 18.3 Å². The second kappa shape index (κ2) is 6.08. The Hall–Kier alpha value is -2.97. The van der Waals surface area contributed by atoms with Crippen LogP contribution in [0.5, 0.6) is 0 Å². The van der Waals surface area contributed by atoms with Crippen LogP contribution in [-0.4, -0.2) is 10.6 Å². The van der Waals surface area contributed by atoms with E-state index >= 15 is 0 Å². The molecule has 0 bridgehead atoms. The summed E-state index contributed by atoms with van der Waals surface area (Å²) in [6, 6.07) is 12.1. The van der Waals surface area contributed by atoms with Gasteiger partial charge in [-0.1, -0.05) is 18.2 Å². The highest BCUT2D eigenvalue weighted by molar-refractivity contribution is 5.81. The normalized spacial score (nSPS) is 16.1. The predicted molar refractivity (Wildman–Crippen MR) is 91.9 cm³/mol. The van der Waals surface area contributed by atoms with Crippen LogP contribution in [0.15, 0.2) is 65.7 Å². The van der Waals surface area contributed by atoms with Gasteiger partial charge in [-0.25, -0.2) is 10.0 Å². The summed E-state index contributed by atoms with van der Waals surface area (Å²) in [5.41, 5.74) is 7.04. The fraction of sp³-hybridized carbons (Fsp3) is 0.111. The van der Waals surface area contributed by atoms with Crippen molar-refractivity contribution in [2.75, 3.05) is 10.0 Å². The van der Waals surface area contributed by atoms with Crippen molar-refractivity contribution in [3.8, 4) is 0 Å². The van der Waals surface area contributed by atoms with Gasteiger partial charge in [0.05, 0.1) is 16.9 Å². The molecule has 0 saturated heterocycles. The van der Waals surface area contributed by atoms with E-state index in [1.165, 1.54) is 17.1 Å². The molecule has 3 N–H and O–H groups in total. The maximum atomic E-state index is 12.7. The van der Waals surface area contributed by atoms with Gasteiger partial charge < -0.3 is 10.6 Å². The summed E-state index contributed by atoms with van der Waals surface area (Å²) >= 11 is 0. The third kappa shape index (κ3) is 2.69. The number of aliphatic hydroxyl groups excluding tert-OH is 1. The summed E-state index contributed by atoms with van der Waals surface area (Å²) in [5, 5.41) is 13.4. The van der Waals surface area contributed by atoms with Gasteiger partial charge in [-0.05, 0) is 54.4 Å². The number of hydrogen-bond donors (Lipinski definition) is 1. The van der Waals surface area contributed by atoms with Gasteiger partial charge in [0.2, 0.25) is 5.88 Å². The van der Waals surface area contributed by atoms with Gasteiger partial charge in [-0.15, -0.1) is 0 Å². The highest BCUT2D eigenvalue weighted by Gasteiger charge is 2.37. The van der Waals surface area contributed by atoms with Crippen molar-refractivity contribution in [3.63, 3.8) is 0 Å². The summed E-state index contributed by atoms with van der Waals surface area (Å²) in [6.07, 6.45) is -2.47. The molecular formula is C18H15F3N3O2. The second-order valence-electron chi connectivity index (χ2n) is 5.82. The molecule has 26 heavy (non-hydrogen) atoms. The van der Waals surface area contributed by atoms with Gasteiger partial charge in [0.15, 0.2) is 0 Å². The van der Waals surface area contributed by atoms with E-state index in [4.69, 9.17) is 0 Å². The molecule has 0 unspecified atom stereocenters. The van der Waals surface area contributed by atoms with Gasteiger partial charge in [0.25, 0.3) is 0 Å². The van der Waals surface area contributed by atoms with Crippen LogP contribution >= 0.6 is 0 Å². The first-order chi connectivity index (χ1) is 11.9. The number of aliphatic hydroxyl groups is 1. The molecule has 0 aliphatic carbocycles. The zero-order valence-electron chi connectivity index (χ0n) is 13.6. The standard InChI is InChI=1S/C18H13F3N3O.H2O/c1-11-10-12-4-2-3-5-15(12)24-16(11)17(25)23(22-24)14-8-6-13(7-9-14)18(19,20)21;/h2-10,25H,1H3;1H2. The Morgan fingerprint density at radius 1 is 0.962 bits per heavy atom. The number of benzene rings is 2. The number of fused-ring (bicyclic) bond motifs is 3. The Bertz CT molecular complexity index is 905. The molecule has 4 rings (SSSR count). The average Bonchev–Trinajstić information content (AvgIpc) is 2.93. The Morgan fingerprint density at radius 3 is 2.27 bits per heavy atom. The zero-order valence-corrected chi connectivity index (χ0v) is 13.6. The number of rotatable bonds is 1. The smallest absolute Gasteiger partial charge is 0.416 e. The molecule has 2 heterocycles. The lowest BCUT2D eigenvalue weighted by molar-refractivity contribution is -0.137. The minimum absolute atomic E-state index is 0. The molecule has 0 fully saturated rings. The SMILES string of the molecule is CC1=Cc2ccccc2N2[N]N(c3ccc(C(F)(F)F)cc3)C(O)=C12.O. The molecule has 2 aliphatic heterocycles. The molecule has 1 radical (unpaired) electrons. The van der Waals surface area contributed by atoms with Crippen LogP contribution in [-0.2, 0) is 6.18 Å². The van der Waals surface area contributed by atoms with Gasteiger partial charge in [-0.2, -0.15) is 13.2 Å². The van der Waals surface area contributed by atoms with Crippen molar-refractivity contribution >= 4 is 17.5 Å². The van der Waals surface area contributed by atoms with E-state index in [2.05, 4.69) is 5.53 Å². The van der Waals surface area contributed by atoms with E-state index < -0.39 is 11.7 Å². The van der Waals surface area contributed by atoms with Gasteiger partial charge in [0, 0.05) is 5.56 Å². The Morgan fingerprint density at radius 2 is 1.62 bits per heavy atom. The Kier molecular flexibility index (Phi) is 4.17. The highest BCUT2D eigenvalue weighted by Crippen LogP contribution is 2.40. The quantitative estimate of drug-likeness (QED) is 0.839. The molecule has 0 saturated carbocycles. The third-order valence-corrected chi connectivity index (χ3v) is 4.15. The molecule has 0 aromatic heterocycles. The number of nitrogens with zero attached hydrogens (tertiary/aromatic N) is 3. The van der Waals surface area contributed by atoms with Crippen LogP contribution in [0, 0.1) is 0 Å². The van der Waals surface area contributed by atoms with Gasteiger partial charge >= 0.3 is 6.18 Å². The fourth-order valence-electron chi connectivity index (χ4n) is 2.95. The average molecular weight is 362 g/mol. The van der Waals surface area contributed by atoms with Crippen molar-refractivity contribution in [2.45, 2.75) is 13.1 Å². The van der Waals surface area contributed by atoms with Crippen molar-refractivity contribution in [1.29, 1.82) is 0 Å². The van der Waals surface area contributed by atoms with Crippen molar-refractivity contribution in [3.05, 3.63) is 76.8 Å². The fourth-order valence-corrected chi connectivity index (χ4v) is 2.95. The number of allylic oxidation sites excluding steroid dienone is 1. The van der Waals surface area contributed by atoms with Crippen molar-refractivity contribution in [1.82, 2.24) is 5.53 Å². The maximum Gasteiger partial charge on any atom is 0.416 e. The first-order valence-electron chi connectivity index (χ1n) is 7.56. The van der Waals surface area contributed by atoms with Crippen molar-refractivity contribution < 1.29 is 23.8 Å². The van der Waals surface area contributed by atoms with Crippen LogP contribution in [0.4, 0.5) is 24.5 Å². The lowest BCUT2D eigenvalue weighted by Gasteiger charge is -2.26. The summed E-state index contributed by atoms with van der Waals surface area (Å²) in [6.45, 7) is 1.85. The lowest BCUT2D eigenvalue weighted by Crippen LogP contribution is -2.36. The molecule has 0 atom stereocenters.